The predicted molar refractivity (Wildman–Crippen MR) is 82.1 cm³/mol. The Morgan fingerprint density at radius 1 is 1.29 bits per heavy atom. The number of hydrogen-bond donors (Lipinski definition) is 1. The molecule has 3 rings (SSSR count). The number of piperidine rings is 1. The monoisotopic (exact) mass is 292 g/mol. The van der Waals surface area contributed by atoms with Gasteiger partial charge in [0.15, 0.2) is 0 Å². The molecule has 0 amide bonds. The molecule has 0 bridgehead atoms. The first-order chi connectivity index (χ1) is 10.2. The molecule has 1 fully saturated rings. The Morgan fingerprint density at radius 3 is 2.67 bits per heavy atom. The summed E-state index contributed by atoms with van der Waals surface area (Å²) in [6.45, 7) is 8.31. The first-order valence-electron chi connectivity index (χ1n) is 8.10. The minimum atomic E-state index is -0.171. The van der Waals surface area contributed by atoms with E-state index in [9.17, 15) is 4.39 Å². The summed E-state index contributed by atoms with van der Waals surface area (Å²) in [5, 5.41) is 3.41. The lowest BCUT2D eigenvalue weighted by molar-refractivity contribution is -0.0184. The second kappa shape index (κ2) is 5.93. The summed E-state index contributed by atoms with van der Waals surface area (Å²) < 4.78 is 20.0. The van der Waals surface area contributed by atoms with E-state index >= 15 is 0 Å². The lowest BCUT2D eigenvalue weighted by Gasteiger charge is -2.47. The molecule has 2 aliphatic rings. The average molecular weight is 292 g/mol. The quantitative estimate of drug-likeness (QED) is 0.926. The zero-order valence-electron chi connectivity index (χ0n) is 13.0. The molecular weight excluding hydrogens is 267 g/mol. The first kappa shape index (κ1) is 14.8. The highest BCUT2D eigenvalue weighted by atomic mass is 19.1. The highest BCUT2D eigenvalue weighted by molar-refractivity contribution is 5.39. The third kappa shape index (κ3) is 2.79. The second-order valence-corrected chi connectivity index (χ2v) is 6.16. The molecule has 0 aromatic heterocycles. The fraction of sp³-hybridized carbons (Fsp3) is 0.647. The SMILES string of the molecule is CCN(CC)C1CC2(CCNCC2)Oc2ccc(F)cc21. The fourth-order valence-corrected chi connectivity index (χ4v) is 3.79. The molecule has 2 aliphatic heterocycles. The molecule has 21 heavy (non-hydrogen) atoms. The van der Waals surface area contributed by atoms with Gasteiger partial charge in [0.25, 0.3) is 0 Å². The van der Waals surface area contributed by atoms with E-state index in [1.54, 1.807) is 6.07 Å². The lowest BCUT2D eigenvalue weighted by Crippen LogP contribution is -2.51. The van der Waals surface area contributed by atoms with Gasteiger partial charge in [-0.2, -0.15) is 0 Å². The molecule has 1 unspecified atom stereocenters. The number of fused-ring (bicyclic) bond motifs is 1. The van der Waals surface area contributed by atoms with Gasteiger partial charge < -0.3 is 10.1 Å². The molecule has 1 atom stereocenters. The van der Waals surface area contributed by atoms with Crippen LogP contribution in [-0.2, 0) is 0 Å². The van der Waals surface area contributed by atoms with E-state index in [4.69, 9.17) is 4.74 Å². The van der Waals surface area contributed by atoms with Crippen LogP contribution in [0.15, 0.2) is 18.2 Å². The number of ether oxygens (including phenoxy) is 1. The number of hydrogen-bond acceptors (Lipinski definition) is 3. The summed E-state index contributed by atoms with van der Waals surface area (Å²) in [5.41, 5.74) is 0.937. The van der Waals surface area contributed by atoms with Crippen LogP contribution < -0.4 is 10.1 Å². The van der Waals surface area contributed by atoms with Crippen LogP contribution in [0.5, 0.6) is 5.75 Å². The minimum absolute atomic E-state index is 0.0800. The van der Waals surface area contributed by atoms with Gasteiger partial charge in [-0.15, -0.1) is 0 Å². The Balaban J connectivity index is 1.99. The fourth-order valence-electron chi connectivity index (χ4n) is 3.79. The zero-order valence-corrected chi connectivity index (χ0v) is 13.0. The van der Waals surface area contributed by atoms with Crippen LogP contribution in [0.25, 0.3) is 0 Å². The second-order valence-electron chi connectivity index (χ2n) is 6.16. The molecule has 1 saturated heterocycles. The summed E-state index contributed by atoms with van der Waals surface area (Å²) in [6.07, 6.45) is 3.02. The Kier molecular flexibility index (Phi) is 4.18. The highest BCUT2D eigenvalue weighted by Gasteiger charge is 2.43. The Morgan fingerprint density at radius 2 is 2.00 bits per heavy atom. The normalized spacial score (nSPS) is 23.9. The topological polar surface area (TPSA) is 24.5 Å². The number of nitrogens with zero attached hydrogens (tertiary/aromatic N) is 1. The molecule has 4 heteroatoms. The van der Waals surface area contributed by atoms with Gasteiger partial charge in [-0.3, -0.25) is 4.90 Å². The largest absolute Gasteiger partial charge is 0.487 e. The van der Waals surface area contributed by atoms with E-state index in [2.05, 4.69) is 24.1 Å². The van der Waals surface area contributed by atoms with E-state index in [-0.39, 0.29) is 17.5 Å². The van der Waals surface area contributed by atoms with Gasteiger partial charge in [0, 0.05) is 18.0 Å². The standard InChI is InChI=1S/C17H25FN2O/c1-3-20(4-2)15-12-17(7-9-19-10-8-17)21-16-6-5-13(18)11-14(15)16/h5-6,11,15,19H,3-4,7-10,12H2,1-2H3. The molecule has 1 aromatic rings. The van der Waals surface area contributed by atoms with Gasteiger partial charge in [0.2, 0.25) is 0 Å². The number of halogens is 1. The van der Waals surface area contributed by atoms with Crippen molar-refractivity contribution < 1.29 is 9.13 Å². The van der Waals surface area contributed by atoms with Crippen LogP contribution in [0, 0.1) is 5.82 Å². The van der Waals surface area contributed by atoms with Gasteiger partial charge in [-0.25, -0.2) is 4.39 Å². The number of rotatable bonds is 3. The average Bonchev–Trinajstić information content (AvgIpc) is 2.50. The predicted octanol–water partition coefficient (Wildman–Crippen LogP) is 3.11. The summed E-state index contributed by atoms with van der Waals surface area (Å²) in [6, 6.07) is 5.24. The van der Waals surface area contributed by atoms with Crippen LogP contribution in [-0.4, -0.2) is 36.7 Å². The van der Waals surface area contributed by atoms with Crippen molar-refractivity contribution in [3.05, 3.63) is 29.6 Å². The summed E-state index contributed by atoms with van der Waals surface area (Å²) in [7, 11) is 0. The Labute approximate surface area is 126 Å². The van der Waals surface area contributed by atoms with Gasteiger partial charge in [0.1, 0.15) is 17.2 Å². The Hall–Kier alpha value is -1.13. The maximum Gasteiger partial charge on any atom is 0.125 e. The molecular formula is C17H25FN2O. The lowest BCUT2D eigenvalue weighted by atomic mass is 9.80. The third-order valence-electron chi connectivity index (χ3n) is 4.99. The maximum atomic E-state index is 13.7. The van der Waals surface area contributed by atoms with Crippen molar-refractivity contribution in [1.29, 1.82) is 0 Å². The smallest absolute Gasteiger partial charge is 0.125 e. The zero-order chi connectivity index (χ0) is 14.9. The summed E-state index contributed by atoms with van der Waals surface area (Å²) in [4.78, 5) is 2.42. The van der Waals surface area contributed by atoms with Crippen molar-refractivity contribution in [1.82, 2.24) is 10.2 Å². The molecule has 1 spiro atoms. The van der Waals surface area contributed by atoms with Crippen molar-refractivity contribution in [3.63, 3.8) is 0 Å². The van der Waals surface area contributed by atoms with Crippen LogP contribution >= 0.6 is 0 Å². The van der Waals surface area contributed by atoms with Crippen molar-refractivity contribution >= 4 is 0 Å². The van der Waals surface area contributed by atoms with E-state index in [1.165, 1.54) is 6.07 Å². The molecule has 0 saturated carbocycles. The van der Waals surface area contributed by atoms with E-state index in [1.807, 2.05) is 6.07 Å². The molecule has 0 aliphatic carbocycles. The minimum Gasteiger partial charge on any atom is -0.487 e. The molecule has 3 nitrogen and oxygen atoms in total. The van der Waals surface area contributed by atoms with E-state index in [0.29, 0.717) is 0 Å². The highest BCUT2D eigenvalue weighted by Crippen LogP contribution is 2.46. The van der Waals surface area contributed by atoms with Crippen molar-refractivity contribution in [2.45, 2.75) is 44.8 Å². The van der Waals surface area contributed by atoms with Crippen LogP contribution in [0.4, 0.5) is 4.39 Å². The first-order valence-corrected chi connectivity index (χ1v) is 8.10. The van der Waals surface area contributed by atoms with Crippen LogP contribution in [0.3, 0.4) is 0 Å². The maximum absolute atomic E-state index is 13.7. The summed E-state index contributed by atoms with van der Waals surface area (Å²) >= 11 is 0. The molecule has 1 N–H and O–H groups in total. The molecule has 116 valence electrons. The van der Waals surface area contributed by atoms with Gasteiger partial charge in [-0.1, -0.05) is 13.8 Å². The van der Waals surface area contributed by atoms with Gasteiger partial charge in [0.05, 0.1) is 0 Å². The van der Waals surface area contributed by atoms with Gasteiger partial charge in [-0.05, 0) is 57.2 Å². The molecule has 0 radical (unpaired) electrons. The van der Waals surface area contributed by atoms with Crippen molar-refractivity contribution in [3.8, 4) is 5.75 Å². The number of nitrogens with one attached hydrogen (secondary N) is 1. The van der Waals surface area contributed by atoms with E-state index in [0.717, 1.165) is 56.8 Å². The van der Waals surface area contributed by atoms with Gasteiger partial charge >= 0.3 is 0 Å². The number of benzene rings is 1. The molecule has 2 heterocycles. The Bertz CT molecular complexity index is 496. The van der Waals surface area contributed by atoms with Crippen LogP contribution in [0.1, 0.15) is 44.7 Å². The van der Waals surface area contributed by atoms with E-state index < -0.39 is 0 Å². The third-order valence-corrected chi connectivity index (χ3v) is 4.99. The summed E-state index contributed by atoms with van der Waals surface area (Å²) in [5.74, 6) is 0.706. The van der Waals surface area contributed by atoms with Crippen LogP contribution in [0.2, 0.25) is 0 Å². The van der Waals surface area contributed by atoms with Crippen molar-refractivity contribution in [2.24, 2.45) is 0 Å². The van der Waals surface area contributed by atoms with Crippen molar-refractivity contribution in [2.75, 3.05) is 26.2 Å². The molecule has 1 aromatic carbocycles.